The van der Waals surface area contributed by atoms with Gasteiger partial charge in [0.15, 0.2) is 0 Å². The lowest BCUT2D eigenvalue weighted by molar-refractivity contribution is -0.155. The molecule has 12 heteroatoms. The maximum absolute atomic E-state index is 12.9. The van der Waals surface area contributed by atoms with Crippen LogP contribution >= 0.6 is 0 Å². The number of carbonyl (C=O) groups is 5. The molecule has 0 aliphatic heterocycles. The summed E-state index contributed by atoms with van der Waals surface area (Å²) in [6, 6.07) is 0. The molecule has 0 aliphatic rings. The van der Waals surface area contributed by atoms with Crippen molar-refractivity contribution in [1.29, 1.82) is 0 Å². The Labute approximate surface area is 390 Å². The first-order valence-electron chi connectivity index (χ1n) is 26.3. The largest absolute Gasteiger partial charge is 0.465 e. The molecular weight excluding hydrogens is 815 g/mol. The summed E-state index contributed by atoms with van der Waals surface area (Å²) in [7, 11) is 0. The van der Waals surface area contributed by atoms with Crippen molar-refractivity contribution in [3.8, 4) is 0 Å². The van der Waals surface area contributed by atoms with E-state index in [2.05, 4.69) is 20.8 Å². The molecule has 0 aromatic carbocycles. The third-order valence-electron chi connectivity index (χ3n) is 11.8. The van der Waals surface area contributed by atoms with Gasteiger partial charge in [0.05, 0.1) is 32.2 Å². The molecule has 0 radical (unpaired) electrons. The summed E-state index contributed by atoms with van der Waals surface area (Å²) in [6.07, 6.45) is 31.1. The second kappa shape index (κ2) is 46.8. The Kier molecular flexibility index (Phi) is 44.8. The van der Waals surface area contributed by atoms with Gasteiger partial charge in [-0.05, 0) is 38.6 Å². The van der Waals surface area contributed by atoms with Gasteiger partial charge >= 0.3 is 29.8 Å². The number of unbranched alkanes of at least 4 members (excludes halogenated alkanes) is 22. The fraction of sp³-hybridized carbons (Fsp3) is 0.904. The molecule has 0 aliphatic carbocycles. The van der Waals surface area contributed by atoms with Crippen molar-refractivity contribution in [2.24, 2.45) is 11.8 Å². The van der Waals surface area contributed by atoms with Gasteiger partial charge in [-0.15, -0.1) is 0 Å². The second-order valence-corrected chi connectivity index (χ2v) is 18.0. The average molecular weight is 912 g/mol. The van der Waals surface area contributed by atoms with Crippen molar-refractivity contribution in [2.45, 2.75) is 233 Å². The maximum atomic E-state index is 12.9. The number of carbonyl (C=O) groups excluding carboxylic acids is 5. The Morgan fingerprint density at radius 1 is 0.359 bits per heavy atom. The number of aliphatic hydroxyl groups excluding tert-OH is 1. The summed E-state index contributed by atoms with van der Waals surface area (Å²) >= 11 is 0. The van der Waals surface area contributed by atoms with Crippen LogP contribution in [0.4, 0.5) is 0 Å². The highest BCUT2D eigenvalue weighted by Gasteiger charge is 2.20. The van der Waals surface area contributed by atoms with Crippen LogP contribution < -0.4 is 0 Å². The van der Waals surface area contributed by atoms with Gasteiger partial charge in [0.1, 0.15) is 19.8 Å². The molecule has 0 aromatic heterocycles. The monoisotopic (exact) mass is 912 g/mol. The first-order valence-corrected chi connectivity index (χ1v) is 26.3. The molecule has 0 rings (SSSR count). The Balaban J connectivity index is 4.93. The van der Waals surface area contributed by atoms with Crippen LogP contribution in [0, 0.1) is 11.8 Å². The molecule has 0 heterocycles. The van der Waals surface area contributed by atoms with Gasteiger partial charge in [-0.3, -0.25) is 24.0 Å². The van der Waals surface area contributed by atoms with Crippen molar-refractivity contribution >= 4 is 29.8 Å². The molecule has 12 nitrogen and oxygen atoms in total. The standard InChI is InChI=1S/C52H97NO11/c1-5-9-12-15-16-17-18-19-20-21-22-23-24-27-30-35-50(57)62-43-47(45-64-52(59)37-38-53(8-4)39-40-54)44-63-51(58)36-31-32-46(41-60-48(55)33-28-25-13-10-6-2)42-61-49(56)34-29-26-14-11-7-3/h46-47,54H,5-45H2,1-4H3. The number of likely N-dealkylation sites (N-methyl/N-ethyl adjacent to an activating group) is 1. The topological polar surface area (TPSA) is 155 Å². The normalized spacial score (nSPS) is 11.8. The van der Waals surface area contributed by atoms with Crippen molar-refractivity contribution in [3.05, 3.63) is 0 Å². The molecule has 64 heavy (non-hydrogen) atoms. The van der Waals surface area contributed by atoms with E-state index in [4.69, 9.17) is 23.7 Å². The minimum absolute atomic E-state index is 0.00116. The van der Waals surface area contributed by atoms with E-state index in [9.17, 15) is 29.1 Å². The molecule has 0 saturated heterocycles. The number of rotatable bonds is 48. The summed E-state index contributed by atoms with van der Waals surface area (Å²) < 4.78 is 27.9. The lowest BCUT2D eigenvalue weighted by Gasteiger charge is -2.20. The molecule has 1 N–H and O–H groups in total. The van der Waals surface area contributed by atoms with E-state index in [1.54, 1.807) is 0 Å². The Morgan fingerprint density at radius 3 is 0.953 bits per heavy atom. The molecule has 376 valence electrons. The highest BCUT2D eigenvalue weighted by molar-refractivity contribution is 5.71. The predicted molar refractivity (Wildman–Crippen MR) is 256 cm³/mol. The highest BCUT2D eigenvalue weighted by Crippen LogP contribution is 2.17. The van der Waals surface area contributed by atoms with Crippen molar-refractivity contribution in [1.82, 2.24) is 4.90 Å². The summed E-state index contributed by atoms with van der Waals surface area (Å²) in [5, 5.41) is 9.27. The fourth-order valence-corrected chi connectivity index (χ4v) is 7.51. The molecule has 0 bridgehead atoms. The Morgan fingerprint density at radius 2 is 0.641 bits per heavy atom. The lowest BCUT2D eigenvalue weighted by atomic mass is 10.0. The molecule has 0 amide bonds. The van der Waals surface area contributed by atoms with Crippen LogP contribution in [-0.4, -0.2) is 99.1 Å². The van der Waals surface area contributed by atoms with Crippen LogP contribution in [0.15, 0.2) is 0 Å². The van der Waals surface area contributed by atoms with Gasteiger partial charge in [0.25, 0.3) is 0 Å². The summed E-state index contributed by atoms with van der Waals surface area (Å²) in [6.45, 7) is 10.1. The maximum Gasteiger partial charge on any atom is 0.307 e. The molecule has 0 saturated carbocycles. The van der Waals surface area contributed by atoms with Gasteiger partial charge in [-0.25, -0.2) is 0 Å². The predicted octanol–water partition coefficient (Wildman–Crippen LogP) is 11.8. The third kappa shape index (κ3) is 41.9. The quantitative estimate of drug-likeness (QED) is 0.0351. The highest BCUT2D eigenvalue weighted by atomic mass is 16.6. The smallest absolute Gasteiger partial charge is 0.307 e. The number of aliphatic hydroxyl groups is 1. The van der Waals surface area contributed by atoms with E-state index in [0.717, 1.165) is 83.5 Å². The van der Waals surface area contributed by atoms with Gasteiger partial charge in [-0.1, -0.05) is 169 Å². The minimum Gasteiger partial charge on any atom is -0.465 e. The fourth-order valence-electron chi connectivity index (χ4n) is 7.51. The van der Waals surface area contributed by atoms with Gasteiger partial charge < -0.3 is 33.7 Å². The van der Waals surface area contributed by atoms with Crippen LogP contribution in [0.5, 0.6) is 0 Å². The van der Waals surface area contributed by atoms with Gasteiger partial charge in [0, 0.05) is 44.7 Å². The molecule has 0 spiro atoms. The van der Waals surface area contributed by atoms with Crippen LogP contribution in [0.2, 0.25) is 0 Å². The SMILES string of the molecule is CCCCCCCCCCCCCCCCCC(=O)OCC(COC(=O)CCCC(COC(=O)CCCCCCC)COC(=O)CCCCCCC)COC(=O)CCN(CC)CCO. The number of hydrogen-bond donors (Lipinski definition) is 1. The number of esters is 5. The van der Waals surface area contributed by atoms with E-state index in [1.165, 1.54) is 77.0 Å². The Bertz CT molecular complexity index is 1090. The van der Waals surface area contributed by atoms with E-state index < -0.39 is 17.9 Å². The van der Waals surface area contributed by atoms with Crippen molar-refractivity contribution < 1.29 is 52.8 Å². The molecule has 0 aromatic rings. The molecule has 1 atom stereocenters. The van der Waals surface area contributed by atoms with E-state index >= 15 is 0 Å². The lowest BCUT2D eigenvalue weighted by Crippen LogP contribution is -2.30. The first-order chi connectivity index (χ1) is 31.2. The zero-order valence-electron chi connectivity index (χ0n) is 41.6. The van der Waals surface area contributed by atoms with E-state index in [1.807, 2.05) is 11.8 Å². The van der Waals surface area contributed by atoms with Gasteiger partial charge in [-0.2, -0.15) is 0 Å². The van der Waals surface area contributed by atoms with Crippen LogP contribution in [0.1, 0.15) is 233 Å². The summed E-state index contributed by atoms with van der Waals surface area (Å²) in [5.41, 5.74) is 0. The average Bonchev–Trinajstić information content (AvgIpc) is 3.29. The van der Waals surface area contributed by atoms with Crippen molar-refractivity contribution in [2.75, 3.05) is 59.3 Å². The van der Waals surface area contributed by atoms with Gasteiger partial charge in [0.2, 0.25) is 0 Å². The number of nitrogens with zero attached hydrogens (tertiary/aromatic N) is 1. The zero-order chi connectivity index (χ0) is 47.1. The molecule has 0 fully saturated rings. The van der Waals surface area contributed by atoms with Crippen LogP contribution in [0.25, 0.3) is 0 Å². The number of ether oxygens (including phenoxy) is 5. The number of hydrogen-bond acceptors (Lipinski definition) is 12. The molecule has 1 unspecified atom stereocenters. The third-order valence-corrected chi connectivity index (χ3v) is 11.8. The minimum atomic E-state index is -0.534. The first kappa shape index (κ1) is 61.3. The van der Waals surface area contributed by atoms with E-state index in [-0.39, 0.29) is 76.3 Å². The second-order valence-electron chi connectivity index (χ2n) is 18.0. The summed E-state index contributed by atoms with van der Waals surface area (Å²) in [4.78, 5) is 65.1. The summed E-state index contributed by atoms with van der Waals surface area (Å²) in [5.74, 6) is -2.50. The van der Waals surface area contributed by atoms with E-state index in [0.29, 0.717) is 51.7 Å². The van der Waals surface area contributed by atoms with Crippen LogP contribution in [0.3, 0.4) is 0 Å². The zero-order valence-corrected chi connectivity index (χ0v) is 41.6. The van der Waals surface area contributed by atoms with Crippen molar-refractivity contribution in [3.63, 3.8) is 0 Å². The Hall–Kier alpha value is -2.73. The van der Waals surface area contributed by atoms with Crippen LogP contribution in [-0.2, 0) is 47.7 Å². The molecular formula is C52H97NO11.